The number of urea groups is 1. The van der Waals surface area contributed by atoms with Crippen LogP contribution in [0.1, 0.15) is 23.3 Å². The highest BCUT2D eigenvalue weighted by Crippen LogP contribution is 2.18. The maximum absolute atomic E-state index is 12.3. The molecule has 2 heterocycles. The Balaban J connectivity index is 1.98. The quantitative estimate of drug-likeness (QED) is 0.880. The third-order valence-electron chi connectivity index (χ3n) is 3.31. The van der Waals surface area contributed by atoms with Gasteiger partial charge in [0.2, 0.25) is 0 Å². The Kier molecular flexibility index (Phi) is 4.79. The molecule has 1 saturated heterocycles. The van der Waals surface area contributed by atoms with Gasteiger partial charge in [-0.3, -0.25) is 9.78 Å². The molecule has 20 heavy (non-hydrogen) atoms. The Hall–Kier alpha value is -1.82. The van der Waals surface area contributed by atoms with Gasteiger partial charge in [-0.1, -0.05) is 11.6 Å². The number of hydrogen-bond acceptors (Lipinski definition) is 3. The van der Waals surface area contributed by atoms with Gasteiger partial charge in [0.25, 0.3) is 5.91 Å². The lowest BCUT2D eigenvalue weighted by atomic mass is 9.97. The summed E-state index contributed by atoms with van der Waals surface area (Å²) in [7, 11) is 0. The summed E-state index contributed by atoms with van der Waals surface area (Å²) in [5.41, 5.74) is 5.40. The zero-order valence-electron chi connectivity index (χ0n) is 11.0. The van der Waals surface area contributed by atoms with E-state index in [9.17, 15) is 9.59 Å². The number of piperidine rings is 1. The average molecular weight is 297 g/mol. The number of halogens is 1. The zero-order chi connectivity index (χ0) is 14.5. The van der Waals surface area contributed by atoms with Crippen LogP contribution >= 0.6 is 11.6 Å². The van der Waals surface area contributed by atoms with Crippen LogP contribution in [0.3, 0.4) is 0 Å². The predicted molar refractivity (Wildman–Crippen MR) is 75.5 cm³/mol. The highest BCUT2D eigenvalue weighted by atomic mass is 35.5. The largest absolute Gasteiger partial charge is 0.352 e. The lowest BCUT2D eigenvalue weighted by Crippen LogP contribution is -2.44. The van der Waals surface area contributed by atoms with E-state index in [1.54, 1.807) is 17.0 Å². The van der Waals surface area contributed by atoms with Crippen LogP contribution < -0.4 is 11.1 Å². The molecule has 108 valence electrons. The second kappa shape index (κ2) is 6.56. The third kappa shape index (κ3) is 3.84. The smallest absolute Gasteiger partial charge is 0.312 e. The van der Waals surface area contributed by atoms with Crippen molar-refractivity contribution in [1.29, 1.82) is 0 Å². The fourth-order valence-corrected chi connectivity index (χ4v) is 2.50. The van der Waals surface area contributed by atoms with Crippen LogP contribution in [-0.4, -0.2) is 41.5 Å². The van der Waals surface area contributed by atoms with Crippen LogP contribution in [0.5, 0.6) is 0 Å². The molecule has 1 aromatic heterocycles. The van der Waals surface area contributed by atoms with Crippen molar-refractivity contribution < 1.29 is 9.59 Å². The molecule has 0 aliphatic carbocycles. The summed E-state index contributed by atoms with van der Waals surface area (Å²) < 4.78 is 0. The van der Waals surface area contributed by atoms with Crippen molar-refractivity contribution in [1.82, 2.24) is 15.2 Å². The van der Waals surface area contributed by atoms with Gasteiger partial charge in [-0.25, -0.2) is 4.79 Å². The maximum atomic E-state index is 12.3. The van der Waals surface area contributed by atoms with Gasteiger partial charge in [-0.15, -0.1) is 0 Å². The van der Waals surface area contributed by atoms with Gasteiger partial charge in [0.15, 0.2) is 0 Å². The molecule has 0 saturated carbocycles. The van der Waals surface area contributed by atoms with Crippen molar-refractivity contribution in [2.75, 3.05) is 19.6 Å². The van der Waals surface area contributed by atoms with Gasteiger partial charge in [-0.2, -0.15) is 0 Å². The number of carbonyl (C=O) groups excluding carboxylic acids is 2. The van der Waals surface area contributed by atoms with Gasteiger partial charge in [-0.05, 0) is 30.9 Å². The van der Waals surface area contributed by atoms with Crippen LogP contribution in [0.15, 0.2) is 18.3 Å². The molecule has 1 fully saturated rings. The first-order valence-electron chi connectivity index (χ1n) is 6.50. The lowest BCUT2D eigenvalue weighted by molar-refractivity contribution is 0.0669. The fraction of sp³-hybridized carbons (Fsp3) is 0.462. The molecular weight excluding hydrogens is 280 g/mol. The number of likely N-dealkylation sites (tertiary alicyclic amines) is 1. The Morgan fingerprint density at radius 3 is 3.05 bits per heavy atom. The first kappa shape index (κ1) is 14.6. The molecule has 1 aromatic rings. The van der Waals surface area contributed by atoms with Crippen LogP contribution in [0.4, 0.5) is 4.79 Å². The molecular formula is C13H17ClN4O2. The summed E-state index contributed by atoms with van der Waals surface area (Å²) in [5, 5.41) is 3.08. The van der Waals surface area contributed by atoms with Crippen molar-refractivity contribution in [3.8, 4) is 0 Å². The van der Waals surface area contributed by atoms with E-state index in [-0.39, 0.29) is 11.8 Å². The fourth-order valence-electron chi connectivity index (χ4n) is 2.34. The van der Waals surface area contributed by atoms with E-state index in [1.807, 2.05) is 0 Å². The number of nitrogens with two attached hydrogens (primary N) is 1. The van der Waals surface area contributed by atoms with Gasteiger partial charge in [0, 0.05) is 30.9 Å². The van der Waals surface area contributed by atoms with E-state index in [0.717, 1.165) is 12.8 Å². The number of pyridine rings is 1. The minimum atomic E-state index is -0.537. The molecule has 0 radical (unpaired) electrons. The van der Waals surface area contributed by atoms with E-state index in [4.69, 9.17) is 17.3 Å². The van der Waals surface area contributed by atoms with E-state index >= 15 is 0 Å². The molecule has 0 bridgehead atoms. The van der Waals surface area contributed by atoms with Crippen LogP contribution in [-0.2, 0) is 0 Å². The Morgan fingerprint density at radius 2 is 2.35 bits per heavy atom. The predicted octanol–water partition coefficient (Wildman–Crippen LogP) is 1.26. The topological polar surface area (TPSA) is 88.3 Å². The number of carbonyl (C=O) groups is 2. The van der Waals surface area contributed by atoms with Gasteiger partial charge in [0.05, 0.1) is 0 Å². The molecule has 3 amide bonds. The van der Waals surface area contributed by atoms with Gasteiger partial charge >= 0.3 is 6.03 Å². The summed E-state index contributed by atoms with van der Waals surface area (Å²) >= 11 is 5.87. The number of amides is 3. The summed E-state index contributed by atoms with van der Waals surface area (Å²) in [5.74, 6) is 0.0932. The molecule has 1 aliphatic rings. The van der Waals surface area contributed by atoms with Crippen molar-refractivity contribution in [3.63, 3.8) is 0 Å². The highest BCUT2D eigenvalue weighted by Gasteiger charge is 2.25. The standard InChI is InChI=1S/C13H17ClN4O2/c14-10-3-4-16-11(6-10)12(19)18-5-1-2-9(8-18)7-17-13(15)20/h3-4,6,9H,1-2,5,7-8H2,(H3,15,17,20). The molecule has 1 atom stereocenters. The van der Waals surface area contributed by atoms with Crippen LogP contribution in [0.25, 0.3) is 0 Å². The Morgan fingerprint density at radius 1 is 1.55 bits per heavy atom. The number of rotatable bonds is 3. The van der Waals surface area contributed by atoms with E-state index < -0.39 is 6.03 Å². The Bertz CT molecular complexity index is 509. The van der Waals surface area contributed by atoms with Crippen molar-refractivity contribution >= 4 is 23.5 Å². The summed E-state index contributed by atoms with van der Waals surface area (Å²) in [6.07, 6.45) is 3.39. The second-order valence-corrected chi connectivity index (χ2v) is 5.30. The molecule has 6 nitrogen and oxygen atoms in total. The normalized spacial score (nSPS) is 18.6. The number of hydrogen-bond donors (Lipinski definition) is 2. The SMILES string of the molecule is NC(=O)NCC1CCCN(C(=O)c2cc(Cl)ccn2)C1. The number of nitrogens with one attached hydrogen (secondary N) is 1. The average Bonchev–Trinajstić information content (AvgIpc) is 2.44. The highest BCUT2D eigenvalue weighted by molar-refractivity contribution is 6.30. The number of nitrogens with zero attached hydrogens (tertiary/aromatic N) is 2. The first-order chi connectivity index (χ1) is 9.56. The Labute approximate surface area is 122 Å². The number of aromatic nitrogens is 1. The monoisotopic (exact) mass is 296 g/mol. The second-order valence-electron chi connectivity index (χ2n) is 4.86. The van der Waals surface area contributed by atoms with Crippen molar-refractivity contribution in [2.45, 2.75) is 12.8 Å². The molecule has 1 aliphatic heterocycles. The molecule has 7 heteroatoms. The van der Waals surface area contributed by atoms with Crippen molar-refractivity contribution in [3.05, 3.63) is 29.0 Å². The van der Waals surface area contributed by atoms with Crippen LogP contribution in [0.2, 0.25) is 5.02 Å². The van der Waals surface area contributed by atoms with Gasteiger partial charge < -0.3 is 16.0 Å². The summed E-state index contributed by atoms with van der Waals surface area (Å²) in [6.45, 7) is 1.77. The summed E-state index contributed by atoms with van der Waals surface area (Å²) in [6, 6.07) is 2.66. The van der Waals surface area contributed by atoms with E-state index in [1.165, 1.54) is 6.20 Å². The van der Waals surface area contributed by atoms with E-state index in [0.29, 0.717) is 30.4 Å². The molecule has 0 aromatic carbocycles. The maximum Gasteiger partial charge on any atom is 0.312 e. The van der Waals surface area contributed by atoms with Gasteiger partial charge in [0.1, 0.15) is 5.69 Å². The minimum Gasteiger partial charge on any atom is -0.352 e. The summed E-state index contributed by atoms with van der Waals surface area (Å²) in [4.78, 5) is 28.8. The number of primary amides is 1. The van der Waals surface area contributed by atoms with Crippen LogP contribution in [0, 0.1) is 5.92 Å². The molecule has 3 N–H and O–H groups in total. The molecule has 2 rings (SSSR count). The van der Waals surface area contributed by atoms with Crippen molar-refractivity contribution in [2.24, 2.45) is 11.7 Å². The lowest BCUT2D eigenvalue weighted by Gasteiger charge is -2.32. The zero-order valence-corrected chi connectivity index (χ0v) is 11.8. The molecule has 1 unspecified atom stereocenters. The molecule has 0 spiro atoms. The first-order valence-corrected chi connectivity index (χ1v) is 6.88. The third-order valence-corrected chi connectivity index (χ3v) is 3.55. The minimum absolute atomic E-state index is 0.128. The van der Waals surface area contributed by atoms with E-state index in [2.05, 4.69) is 10.3 Å².